The number of aryl methyl sites for hydroxylation is 3. The monoisotopic (exact) mass is 320 g/mol. The largest absolute Gasteiger partial charge is 0.338 e. The number of nitrogens with zero attached hydrogens (tertiary/aromatic N) is 1. The van der Waals surface area contributed by atoms with Crippen LogP contribution in [-0.2, 0) is 13.0 Å². The first-order chi connectivity index (χ1) is 10.5. The zero-order valence-electron chi connectivity index (χ0n) is 12.9. The third kappa shape index (κ3) is 4.42. The van der Waals surface area contributed by atoms with E-state index in [4.69, 9.17) is 0 Å². The smallest absolute Gasteiger partial charge is 0.315 e. The van der Waals surface area contributed by atoms with Crippen LogP contribution in [0.4, 0.5) is 4.79 Å². The van der Waals surface area contributed by atoms with E-state index in [9.17, 15) is 9.59 Å². The molecule has 2 heterocycles. The summed E-state index contributed by atoms with van der Waals surface area (Å²) in [5.41, 5.74) is 3.09. The summed E-state index contributed by atoms with van der Waals surface area (Å²) in [6, 6.07) is 1.60. The number of urea groups is 1. The summed E-state index contributed by atoms with van der Waals surface area (Å²) >= 11 is 1.60. The molecule has 0 saturated carbocycles. The van der Waals surface area contributed by atoms with E-state index in [1.54, 1.807) is 11.3 Å². The van der Waals surface area contributed by atoms with Crippen molar-refractivity contribution in [1.82, 2.24) is 20.6 Å². The quantitative estimate of drug-likeness (QED) is 0.785. The predicted octanol–water partition coefficient (Wildman–Crippen LogP) is 1.80. The molecular weight excluding hydrogens is 300 g/mol. The third-order valence-corrected chi connectivity index (χ3v) is 4.08. The Morgan fingerprint density at radius 1 is 1.32 bits per heavy atom. The van der Waals surface area contributed by atoms with Crippen LogP contribution in [0.3, 0.4) is 0 Å². The normalized spacial score (nSPS) is 10.5. The molecule has 0 radical (unpaired) electrons. The van der Waals surface area contributed by atoms with Crippen molar-refractivity contribution in [2.45, 2.75) is 33.7 Å². The highest BCUT2D eigenvalue weighted by Gasteiger charge is 2.07. The van der Waals surface area contributed by atoms with Crippen molar-refractivity contribution < 1.29 is 4.79 Å². The second-order valence-electron chi connectivity index (χ2n) is 5.16. The average Bonchev–Trinajstić information content (AvgIpc) is 2.83. The maximum absolute atomic E-state index is 11.8. The SMILES string of the molecule is Cc1cc(C)c(CNC(=O)NCCc2csc(C)n2)c(=O)[nH]1. The number of aromatic amines is 1. The van der Waals surface area contributed by atoms with Gasteiger partial charge in [0.15, 0.2) is 0 Å². The van der Waals surface area contributed by atoms with Gasteiger partial charge in [-0.2, -0.15) is 0 Å². The minimum atomic E-state index is -0.286. The number of pyridine rings is 1. The van der Waals surface area contributed by atoms with Gasteiger partial charge in [0.1, 0.15) is 0 Å². The molecule has 0 unspecified atom stereocenters. The molecular formula is C15H20N4O2S. The number of nitrogens with one attached hydrogen (secondary N) is 3. The Kier molecular flexibility index (Phi) is 5.32. The molecule has 0 aliphatic carbocycles. The highest BCUT2D eigenvalue weighted by molar-refractivity contribution is 7.09. The van der Waals surface area contributed by atoms with Crippen molar-refractivity contribution in [2.24, 2.45) is 0 Å². The molecule has 0 aromatic carbocycles. The molecule has 2 amide bonds. The van der Waals surface area contributed by atoms with E-state index in [0.717, 1.165) is 22.0 Å². The summed E-state index contributed by atoms with van der Waals surface area (Å²) in [6.45, 7) is 6.37. The van der Waals surface area contributed by atoms with Gasteiger partial charge in [0.2, 0.25) is 0 Å². The Morgan fingerprint density at radius 2 is 2.09 bits per heavy atom. The first-order valence-electron chi connectivity index (χ1n) is 7.08. The highest BCUT2D eigenvalue weighted by Crippen LogP contribution is 2.07. The average molecular weight is 320 g/mol. The van der Waals surface area contributed by atoms with E-state index in [0.29, 0.717) is 18.5 Å². The Hall–Kier alpha value is -2.15. The Morgan fingerprint density at radius 3 is 2.73 bits per heavy atom. The fourth-order valence-electron chi connectivity index (χ4n) is 2.16. The van der Waals surface area contributed by atoms with E-state index in [1.165, 1.54) is 0 Å². The van der Waals surface area contributed by atoms with Crippen LogP contribution in [0.15, 0.2) is 16.2 Å². The van der Waals surface area contributed by atoms with E-state index < -0.39 is 0 Å². The van der Waals surface area contributed by atoms with Crippen molar-refractivity contribution in [1.29, 1.82) is 0 Å². The van der Waals surface area contributed by atoms with Crippen LogP contribution in [-0.4, -0.2) is 22.5 Å². The van der Waals surface area contributed by atoms with E-state index in [2.05, 4.69) is 20.6 Å². The first-order valence-corrected chi connectivity index (χ1v) is 7.96. The number of aromatic nitrogens is 2. The number of hydrogen-bond donors (Lipinski definition) is 3. The highest BCUT2D eigenvalue weighted by atomic mass is 32.1. The van der Waals surface area contributed by atoms with Gasteiger partial charge in [0, 0.05) is 29.6 Å². The molecule has 2 aromatic rings. The van der Waals surface area contributed by atoms with Crippen LogP contribution in [0.5, 0.6) is 0 Å². The second-order valence-corrected chi connectivity index (χ2v) is 6.22. The first kappa shape index (κ1) is 16.2. The molecule has 118 valence electrons. The summed E-state index contributed by atoms with van der Waals surface area (Å²) in [5.74, 6) is 0. The van der Waals surface area contributed by atoms with Crippen LogP contribution >= 0.6 is 11.3 Å². The van der Waals surface area contributed by atoms with Gasteiger partial charge in [0.05, 0.1) is 17.2 Å². The van der Waals surface area contributed by atoms with Crippen molar-refractivity contribution in [3.63, 3.8) is 0 Å². The zero-order chi connectivity index (χ0) is 16.1. The van der Waals surface area contributed by atoms with Crippen molar-refractivity contribution >= 4 is 17.4 Å². The second kappa shape index (κ2) is 7.22. The molecule has 6 nitrogen and oxygen atoms in total. The maximum Gasteiger partial charge on any atom is 0.315 e. The predicted molar refractivity (Wildman–Crippen MR) is 87.3 cm³/mol. The Labute approximate surface area is 133 Å². The molecule has 7 heteroatoms. The summed E-state index contributed by atoms with van der Waals surface area (Å²) in [6.07, 6.45) is 0.696. The number of carbonyl (C=O) groups excluding carboxylic acids is 1. The lowest BCUT2D eigenvalue weighted by atomic mass is 10.1. The standard InChI is InChI=1S/C15H20N4O2S/c1-9-6-10(2)18-14(20)13(9)7-17-15(21)16-5-4-12-8-22-11(3)19-12/h6,8H,4-5,7H2,1-3H3,(H,18,20)(H2,16,17,21). The molecule has 0 bridgehead atoms. The van der Waals surface area contributed by atoms with Gasteiger partial charge in [-0.3, -0.25) is 4.79 Å². The molecule has 0 atom stereocenters. The lowest BCUT2D eigenvalue weighted by Crippen LogP contribution is -2.37. The molecule has 2 rings (SSSR count). The van der Waals surface area contributed by atoms with Crippen LogP contribution < -0.4 is 16.2 Å². The fraction of sp³-hybridized carbons (Fsp3) is 0.400. The summed E-state index contributed by atoms with van der Waals surface area (Å²) in [5, 5.41) is 8.48. The number of carbonyl (C=O) groups is 1. The van der Waals surface area contributed by atoms with Gasteiger partial charge in [-0.05, 0) is 32.4 Å². The van der Waals surface area contributed by atoms with Crippen LogP contribution in [0, 0.1) is 20.8 Å². The number of hydrogen-bond acceptors (Lipinski definition) is 4. The van der Waals surface area contributed by atoms with Gasteiger partial charge in [-0.15, -0.1) is 11.3 Å². The number of H-pyrrole nitrogens is 1. The van der Waals surface area contributed by atoms with Gasteiger partial charge < -0.3 is 15.6 Å². The molecule has 22 heavy (non-hydrogen) atoms. The molecule has 0 aliphatic heterocycles. The van der Waals surface area contributed by atoms with Crippen molar-refractivity contribution in [3.05, 3.63) is 49.3 Å². The number of thiazole rings is 1. The molecule has 0 spiro atoms. The van der Waals surface area contributed by atoms with E-state index >= 15 is 0 Å². The van der Waals surface area contributed by atoms with Gasteiger partial charge in [-0.25, -0.2) is 9.78 Å². The Balaban J connectivity index is 1.79. The molecule has 0 aliphatic rings. The van der Waals surface area contributed by atoms with Gasteiger partial charge >= 0.3 is 6.03 Å². The summed E-state index contributed by atoms with van der Waals surface area (Å²) in [4.78, 5) is 30.7. The van der Waals surface area contributed by atoms with Crippen LogP contribution in [0.1, 0.15) is 27.5 Å². The van der Waals surface area contributed by atoms with Crippen molar-refractivity contribution in [2.75, 3.05) is 6.54 Å². The van der Waals surface area contributed by atoms with Gasteiger partial charge in [0.25, 0.3) is 5.56 Å². The molecule has 2 aromatic heterocycles. The fourth-order valence-corrected chi connectivity index (χ4v) is 2.81. The molecule has 3 N–H and O–H groups in total. The number of rotatable bonds is 5. The topological polar surface area (TPSA) is 86.9 Å². The summed E-state index contributed by atoms with van der Waals surface area (Å²) < 4.78 is 0. The minimum Gasteiger partial charge on any atom is -0.338 e. The van der Waals surface area contributed by atoms with Crippen molar-refractivity contribution in [3.8, 4) is 0 Å². The van der Waals surface area contributed by atoms with Crippen LogP contribution in [0.2, 0.25) is 0 Å². The minimum absolute atomic E-state index is 0.157. The summed E-state index contributed by atoms with van der Waals surface area (Å²) in [7, 11) is 0. The maximum atomic E-state index is 11.8. The van der Waals surface area contributed by atoms with E-state index in [-0.39, 0.29) is 18.1 Å². The lowest BCUT2D eigenvalue weighted by molar-refractivity contribution is 0.240. The third-order valence-electron chi connectivity index (χ3n) is 3.25. The number of amides is 2. The van der Waals surface area contributed by atoms with E-state index in [1.807, 2.05) is 32.2 Å². The molecule has 0 fully saturated rings. The zero-order valence-corrected chi connectivity index (χ0v) is 13.8. The van der Waals surface area contributed by atoms with Crippen LogP contribution in [0.25, 0.3) is 0 Å². The Bertz CT molecular complexity index is 721. The lowest BCUT2D eigenvalue weighted by Gasteiger charge is -2.09. The van der Waals surface area contributed by atoms with Gasteiger partial charge in [-0.1, -0.05) is 0 Å². The molecule has 0 saturated heterocycles.